The molecule has 0 spiro atoms. The Morgan fingerprint density at radius 2 is 1.82 bits per heavy atom. The molecule has 180 valence electrons. The van der Waals surface area contributed by atoms with Gasteiger partial charge in [-0.25, -0.2) is 0 Å². The van der Waals surface area contributed by atoms with Crippen molar-refractivity contribution in [3.63, 3.8) is 0 Å². The molecule has 1 atom stereocenters. The second-order valence-electron chi connectivity index (χ2n) is 8.66. The summed E-state index contributed by atoms with van der Waals surface area (Å²) in [5.41, 5.74) is 5.20. The summed E-state index contributed by atoms with van der Waals surface area (Å²) in [5.74, 6) is 0.233. The maximum Gasteiger partial charge on any atom is 0.251 e. The number of benzene rings is 2. The van der Waals surface area contributed by atoms with Gasteiger partial charge in [0.15, 0.2) is 0 Å². The van der Waals surface area contributed by atoms with Gasteiger partial charge in [0, 0.05) is 38.4 Å². The van der Waals surface area contributed by atoms with E-state index in [0.29, 0.717) is 18.8 Å². The van der Waals surface area contributed by atoms with Crippen LogP contribution in [0.15, 0.2) is 42.5 Å². The van der Waals surface area contributed by atoms with E-state index in [1.807, 2.05) is 62.1 Å². The first-order valence-corrected chi connectivity index (χ1v) is 12.5. The minimum Gasteiger partial charge on any atom is -0.381 e. The Kier molecular flexibility index (Phi) is 9.07. The van der Waals surface area contributed by atoms with Crippen LogP contribution in [0.1, 0.15) is 81.5 Å². The van der Waals surface area contributed by atoms with E-state index in [1.54, 1.807) is 0 Å². The van der Waals surface area contributed by atoms with Gasteiger partial charge >= 0.3 is 0 Å². The first-order valence-electron chi connectivity index (χ1n) is 12.5. The fourth-order valence-corrected chi connectivity index (χ4v) is 4.56. The number of nitrogens with zero attached hydrogens (tertiary/aromatic N) is 1. The predicted molar refractivity (Wildman–Crippen MR) is 136 cm³/mol. The van der Waals surface area contributed by atoms with Crippen molar-refractivity contribution in [3.05, 3.63) is 64.7 Å². The molecule has 0 bridgehead atoms. The maximum absolute atomic E-state index is 13.0. The van der Waals surface area contributed by atoms with Crippen molar-refractivity contribution >= 4 is 17.5 Å². The third-order valence-electron chi connectivity index (χ3n) is 6.44. The zero-order valence-corrected chi connectivity index (χ0v) is 20.5. The van der Waals surface area contributed by atoms with E-state index in [-0.39, 0.29) is 25.2 Å². The molecule has 33 heavy (non-hydrogen) atoms. The molecule has 0 aliphatic carbocycles. The highest BCUT2D eigenvalue weighted by atomic mass is 16.5. The highest BCUT2D eigenvalue weighted by Gasteiger charge is 2.31. The Balaban J connectivity index is 0.00000133. The summed E-state index contributed by atoms with van der Waals surface area (Å²) in [6.07, 6.45) is 4.61. The van der Waals surface area contributed by atoms with Crippen LogP contribution in [0.2, 0.25) is 0 Å². The standard InChI is InChI=1S/C26H32N2O3.C2H6.H2/c1-3-4-19-5-7-20(8-6-19)25(29)27-18(2)22-9-10-24-23(17-22)11-14-28(24)26(30)21-12-15-31-16-13-21;1-2;/h5-10,17-18,21H,3-4,11-16H2,1-2H3,(H,27,29);1-2H3;1H. The quantitative estimate of drug-likeness (QED) is 0.610. The number of amides is 2. The van der Waals surface area contributed by atoms with Crippen LogP contribution in [0.25, 0.3) is 0 Å². The van der Waals surface area contributed by atoms with Gasteiger partial charge in [-0.1, -0.05) is 51.5 Å². The molecule has 1 unspecified atom stereocenters. The zero-order chi connectivity index (χ0) is 23.8. The van der Waals surface area contributed by atoms with Gasteiger partial charge in [0.1, 0.15) is 0 Å². The first-order chi connectivity index (χ1) is 16.1. The van der Waals surface area contributed by atoms with Crippen molar-refractivity contribution in [3.8, 4) is 0 Å². The molecule has 5 nitrogen and oxygen atoms in total. The van der Waals surface area contributed by atoms with Crippen LogP contribution in [0, 0.1) is 5.92 Å². The molecule has 2 aromatic carbocycles. The van der Waals surface area contributed by atoms with Crippen LogP contribution in [0.3, 0.4) is 0 Å². The van der Waals surface area contributed by atoms with Gasteiger partial charge in [-0.2, -0.15) is 0 Å². The van der Waals surface area contributed by atoms with Crippen LogP contribution >= 0.6 is 0 Å². The fraction of sp³-hybridized carbons (Fsp3) is 0.500. The molecule has 2 amide bonds. The third-order valence-corrected chi connectivity index (χ3v) is 6.44. The first kappa shape index (κ1) is 25.0. The summed E-state index contributed by atoms with van der Waals surface area (Å²) in [7, 11) is 0. The molecule has 2 aromatic rings. The number of hydrogen-bond donors (Lipinski definition) is 1. The Hall–Kier alpha value is -2.66. The van der Waals surface area contributed by atoms with Crippen LogP contribution in [0.4, 0.5) is 5.69 Å². The lowest BCUT2D eigenvalue weighted by molar-refractivity contribution is -0.125. The van der Waals surface area contributed by atoms with Crippen molar-refractivity contribution in [1.82, 2.24) is 5.32 Å². The van der Waals surface area contributed by atoms with E-state index in [2.05, 4.69) is 18.3 Å². The predicted octanol–water partition coefficient (Wildman–Crippen LogP) is 5.72. The number of ether oxygens (including phenoxy) is 1. The van der Waals surface area contributed by atoms with Crippen molar-refractivity contribution in [2.45, 2.75) is 65.8 Å². The molecule has 1 N–H and O–H groups in total. The fourth-order valence-electron chi connectivity index (χ4n) is 4.56. The second-order valence-corrected chi connectivity index (χ2v) is 8.66. The molecule has 2 aliphatic rings. The molecule has 2 heterocycles. The molecule has 0 saturated carbocycles. The van der Waals surface area contributed by atoms with E-state index in [0.717, 1.165) is 49.9 Å². The van der Waals surface area contributed by atoms with Crippen molar-refractivity contribution in [2.24, 2.45) is 5.92 Å². The lowest BCUT2D eigenvalue weighted by Gasteiger charge is -2.27. The Labute approximate surface area is 200 Å². The molecular weight excluding hydrogens is 412 g/mol. The van der Waals surface area contributed by atoms with Crippen molar-refractivity contribution < 1.29 is 15.8 Å². The van der Waals surface area contributed by atoms with Gasteiger partial charge in [-0.05, 0) is 67.5 Å². The Bertz CT molecular complexity index is 939. The summed E-state index contributed by atoms with van der Waals surface area (Å²) >= 11 is 0. The van der Waals surface area contributed by atoms with Crippen LogP contribution < -0.4 is 10.2 Å². The average molecular weight is 453 g/mol. The highest BCUT2D eigenvalue weighted by molar-refractivity contribution is 5.97. The number of anilines is 1. The summed E-state index contributed by atoms with van der Waals surface area (Å²) in [6.45, 7) is 10.2. The number of carbonyl (C=O) groups is 2. The number of fused-ring (bicyclic) bond motifs is 1. The van der Waals surface area contributed by atoms with E-state index in [4.69, 9.17) is 4.74 Å². The molecule has 0 radical (unpaired) electrons. The second kappa shape index (κ2) is 12.0. The third kappa shape index (κ3) is 6.02. The monoisotopic (exact) mass is 452 g/mol. The van der Waals surface area contributed by atoms with Gasteiger partial charge in [-0.3, -0.25) is 9.59 Å². The Morgan fingerprint density at radius 1 is 1.12 bits per heavy atom. The number of carbonyl (C=O) groups excluding carboxylic acids is 2. The summed E-state index contributed by atoms with van der Waals surface area (Å²) in [6, 6.07) is 14.0. The van der Waals surface area contributed by atoms with Crippen molar-refractivity contribution in [2.75, 3.05) is 24.7 Å². The smallest absolute Gasteiger partial charge is 0.251 e. The lowest BCUT2D eigenvalue weighted by atomic mass is 9.98. The van der Waals surface area contributed by atoms with Crippen LogP contribution in [-0.4, -0.2) is 31.6 Å². The lowest BCUT2D eigenvalue weighted by Crippen LogP contribution is -2.37. The maximum atomic E-state index is 13.0. The van der Waals surface area contributed by atoms with E-state index >= 15 is 0 Å². The number of rotatable bonds is 6. The van der Waals surface area contributed by atoms with Gasteiger partial charge in [-0.15, -0.1) is 0 Å². The topological polar surface area (TPSA) is 58.6 Å². The minimum atomic E-state index is -0.103. The van der Waals surface area contributed by atoms with Gasteiger partial charge in [0.2, 0.25) is 5.91 Å². The van der Waals surface area contributed by atoms with E-state index in [9.17, 15) is 9.59 Å². The number of hydrogen-bond acceptors (Lipinski definition) is 3. The van der Waals surface area contributed by atoms with Crippen LogP contribution in [-0.2, 0) is 22.4 Å². The molecule has 2 aliphatic heterocycles. The van der Waals surface area contributed by atoms with Gasteiger partial charge in [0.25, 0.3) is 5.91 Å². The highest BCUT2D eigenvalue weighted by Crippen LogP contribution is 2.33. The largest absolute Gasteiger partial charge is 0.381 e. The number of aryl methyl sites for hydroxylation is 1. The van der Waals surface area contributed by atoms with E-state index in [1.165, 1.54) is 11.1 Å². The Morgan fingerprint density at radius 3 is 2.48 bits per heavy atom. The van der Waals surface area contributed by atoms with Crippen molar-refractivity contribution in [1.29, 1.82) is 0 Å². The molecule has 5 heteroatoms. The van der Waals surface area contributed by atoms with Gasteiger partial charge < -0.3 is 15.0 Å². The van der Waals surface area contributed by atoms with E-state index < -0.39 is 0 Å². The minimum absolute atomic E-state index is 0. The average Bonchev–Trinajstić information content (AvgIpc) is 3.29. The molecule has 1 saturated heterocycles. The molecular formula is C28H40N2O3. The zero-order valence-electron chi connectivity index (χ0n) is 20.5. The van der Waals surface area contributed by atoms with Crippen LogP contribution in [0.5, 0.6) is 0 Å². The van der Waals surface area contributed by atoms with Gasteiger partial charge in [0.05, 0.1) is 6.04 Å². The molecule has 0 aromatic heterocycles. The summed E-state index contributed by atoms with van der Waals surface area (Å²) in [5, 5.41) is 3.11. The molecule has 4 rings (SSSR count). The summed E-state index contributed by atoms with van der Waals surface area (Å²) in [4.78, 5) is 27.6. The summed E-state index contributed by atoms with van der Waals surface area (Å²) < 4.78 is 5.40. The SMILES string of the molecule is CC.CCCc1ccc(C(=O)NC(C)c2ccc3c(c2)CCN3C(=O)C2CCOCC2)cc1.[HH]. The molecule has 1 fully saturated rings. The number of nitrogens with one attached hydrogen (secondary N) is 1. The normalized spacial score (nSPS) is 16.4.